The fourth-order valence-corrected chi connectivity index (χ4v) is 2.72. The molecule has 0 spiro atoms. The molecular weight excluding hydrogens is 238 g/mol. The first-order chi connectivity index (χ1) is 9.20. The van der Waals surface area contributed by atoms with Gasteiger partial charge in [0.2, 0.25) is 0 Å². The van der Waals surface area contributed by atoms with Crippen LogP contribution in [-0.2, 0) is 4.79 Å². The highest BCUT2D eigenvalue weighted by atomic mass is 16.5. The minimum atomic E-state index is 0.287. The van der Waals surface area contributed by atoms with E-state index in [4.69, 9.17) is 4.74 Å². The first-order valence-corrected chi connectivity index (χ1v) is 7.08. The van der Waals surface area contributed by atoms with E-state index in [9.17, 15) is 4.79 Å². The monoisotopic (exact) mass is 261 g/mol. The third-order valence-electron chi connectivity index (χ3n) is 3.97. The van der Waals surface area contributed by atoms with Crippen molar-refractivity contribution in [2.75, 3.05) is 25.6 Å². The Morgan fingerprint density at radius 3 is 2.42 bits per heavy atom. The highest BCUT2D eigenvalue weighted by Crippen LogP contribution is 2.25. The zero-order chi connectivity index (χ0) is 13.7. The van der Waals surface area contributed by atoms with Crippen molar-refractivity contribution in [3.05, 3.63) is 24.3 Å². The average molecular weight is 261 g/mol. The number of methoxy groups -OCH3 is 1. The van der Waals surface area contributed by atoms with Crippen LogP contribution in [0.1, 0.15) is 32.1 Å². The molecular formula is C16H23NO2. The van der Waals surface area contributed by atoms with Crippen LogP contribution in [0.4, 0.5) is 5.69 Å². The Kier molecular flexibility index (Phi) is 4.83. The average Bonchev–Trinajstić information content (AvgIpc) is 2.48. The van der Waals surface area contributed by atoms with Gasteiger partial charge in [0.25, 0.3) is 0 Å². The van der Waals surface area contributed by atoms with Crippen molar-refractivity contribution in [2.24, 2.45) is 5.92 Å². The number of hydrogen-bond acceptors (Lipinski definition) is 3. The van der Waals surface area contributed by atoms with Crippen LogP contribution in [0.5, 0.6) is 5.75 Å². The molecule has 0 aromatic heterocycles. The number of carbonyl (C=O) groups excluding carboxylic acids is 1. The molecule has 0 heterocycles. The minimum absolute atomic E-state index is 0.287. The molecule has 1 aliphatic rings. The van der Waals surface area contributed by atoms with Crippen LogP contribution in [0, 0.1) is 5.92 Å². The summed E-state index contributed by atoms with van der Waals surface area (Å²) in [5.74, 6) is 1.52. The molecule has 2 rings (SSSR count). The van der Waals surface area contributed by atoms with E-state index in [1.165, 1.54) is 19.3 Å². The number of ether oxygens (including phenoxy) is 1. The van der Waals surface area contributed by atoms with E-state index in [-0.39, 0.29) is 5.92 Å². The van der Waals surface area contributed by atoms with Gasteiger partial charge in [-0.2, -0.15) is 0 Å². The molecule has 1 aliphatic carbocycles. The first-order valence-electron chi connectivity index (χ1n) is 7.08. The Bertz CT molecular complexity index is 407. The highest BCUT2D eigenvalue weighted by molar-refractivity contribution is 5.85. The summed E-state index contributed by atoms with van der Waals surface area (Å²) in [6.45, 7) is 0.511. The van der Waals surface area contributed by atoms with E-state index < -0.39 is 0 Å². The third kappa shape index (κ3) is 3.72. The number of anilines is 1. The number of nitrogens with zero attached hydrogens (tertiary/aromatic N) is 1. The van der Waals surface area contributed by atoms with E-state index >= 15 is 0 Å². The molecule has 3 heteroatoms. The van der Waals surface area contributed by atoms with Gasteiger partial charge < -0.3 is 9.64 Å². The van der Waals surface area contributed by atoms with Gasteiger partial charge in [0, 0.05) is 18.7 Å². The van der Waals surface area contributed by atoms with E-state index in [2.05, 4.69) is 0 Å². The molecule has 0 amide bonds. The topological polar surface area (TPSA) is 29.5 Å². The van der Waals surface area contributed by atoms with Crippen molar-refractivity contribution in [3.8, 4) is 5.75 Å². The summed E-state index contributed by atoms with van der Waals surface area (Å²) in [4.78, 5) is 14.3. The number of likely N-dealkylation sites (N-methyl/N-ethyl adjacent to an activating group) is 1. The number of rotatable bonds is 5. The minimum Gasteiger partial charge on any atom is -0.497 e. The Morgan fingerprint density at radius 2 is 1.84 bits per heavy atom. The SMILES string of the molecule is COc1ccc(N(C)CC(=O)C2CCCCC2)cc1. The second kappa shape index (κ2) is 6.60. The van der Waals surface area contributed by atoms with Crippen LogP contribution in [0.2, 0.25) is 0 Å². The second-order valence-corrected chi connectivity index (χ2v) is 5.36. The molecule has 3 nitrogen and oxygen atoms in total. The van der Waals surface area contributed by atoms with E-state index in [0.717, 1.165) is 24.3 Å². The predicted octanol–water partition coefficient (Wildman–Crippen LogP) is 3.28. The van der Waals surface area contributed by atoms with Gasteiger partial charge in [0.05, 0.1) is 13.7 Å². The smallest absolute Gasteiger partial charge is 0.155 e. The van der Waals surface area contributed by atoms with Gasteiger partial charge in [-0.3, -0.25) is 4.79 Å². The summed E-state index contributed by atoms with van der Waals surface area (Å²) in [5, 5.41) is 0. The van der Waals surface area contributed by atoms with Crippen molar-refractivity contribution in [2.45, 2.75) is 32.1 Å². The van der Waals surface area contributed by atoms with Gasteiger partial charge in [0.15, 0.2) is 5.78 Å². The Labute approximate surface area is 115 Å². The molecule has 1 aromatic rings. The molecule has 1 aromatic carbocycles. The third-order valence-corrected chi connectivity index (χ3v) is 3.97. The molecule has 0 aliphatic heterocycles. The largest absolute Gasteiger partial charge is 0.497 e. The van der Waals surface area contributed by atoms with E-state index in [0.29, 0.717) is 12.3 Å². The fraction of sp³-hybridized carbons (Fsp3) is 0.562. The molecule has 1 saturated carbocycles. The van der Waals surface area contributed by atoms with E-state index in [1.807, 2.05) is 36.2 Å². The molecule has 0 atom stereocenters. The number of carbonyl (C=O) groups is 1. The zero-order valence-electron chi connectivity index (χ0n) is 11.9. The summed E-state index contributed by atoms with van der Waals surface area (Å²) in [6.07, 6.45) is 5.87. The lowest BCUT2D eigenvalue weighted by atomic mass is 9.86. The maximum atomic E-state index is 12.2. The van der Waals surface area contributed by atoms with Crippen molar-refractivity contribution in [3.63, 3.8) is 0 Å². The predicted molar refractivity (Wildman–Crippen MR) is 77.8 cm³/mol. The first kappa shape index (κ1) is 13.9. The summed E-state index contributed by atoms with van der Waals surface area (Å²) in [7, 11) is 3.63. The van der Waals surface area contributed by atoms with Crippen molar-refractivity contribution < 1.29 is 9.53 Å². The summed E-state index contributed by atoms with van der Waals surface area (Å²) in [6, 6.07) is 7.84. The summed E-state index contributed by atoms with van der Waals surface area (Å²) in [5.41, 5.74) is 1.06. The van der Waals surface area contributed by atoms with Crippen LogP contribution in [-0.4, -0.2) is 26.5 Å². The lowest BCUT2D eigenvalue weighted by Crippen LogP contribution is -2.31. The quantitative estimate of drug-likeness (QED) is 0.814. The number of hydrogen-bond donors (Lipinski definition) is 0. The standard InChI is InChI=1S/C16H23NO2/c1-17(14-8-10-15(19-2)11-9-14)12-16(18)13-6-4-3-5-7-13/h8-11,13H,3-7,12H2,1-2H3. The summed E-state index contributed by atoms with van der Waals surface area (Å²) >= 11 is 0. The van der Waals surface area contributed by atoms with Gasteiger partial charge in [-0.25, -0.2) is 0 Å². The number of Topliss-reactive ketones (excluding diaryl/α,β-unsaturated/α-hetero) is 1. The molecule has 0 bridgehead atoms. The molecule has 0 radical (unpaired) electrons. The lowest BCUT2D eigenvalue weighted by Gasteiger charge is -2.24. The fourth-order valence-electron chi connectivity index (χ4n) is 2.72. The Balaban J connectivity index is 1.91. The van der Waals surface area contributed by atoms with Gasteiger partial charge in [-0.1, -0.05) is 19.3 Å². The molecule has 1 fully saturated rings. The number of ketones is 1. The van der Waals surface area contributed by atoms with Crippen LogP contribution in [0.15, 0.2) is 24.3 Å². The highest BCUT2D eigenvalue weighted by Gasteiger charge is 2.21. The van der Waals surface area contributed by atoms with Gasteiger partial charge in [0.1, 0.15) is 5.75 Å². The maximum absolute atomic E-state index is 12.2. The van der Waals surface area contributed by atoms with Crippen LogP contribution < -0.4 is 9.64 Å². The van der Waals surface area contributed by atoms with Crippen molar-refractivity contribution in [1.82, 2.24) is 0 Å². The van der Waals surface area contributed by atoms with Crippen molar-refractivity contribution in [1.29, 1.82) is 0 Å². The van der Waals surface area contributed by atoms with Crippen LogP contribution >= 0.6 is 0 Å². The Morgan fingerprint density at radius 1 is 1.21 bits per heavy atom. The van der Waals surface area contributed by atoms with Gasteiger partial charge in [-0.15, -0.1) is 0 Å². The molecule has 0 N–H and O–H groups in total. The van der Waals surface area contributed by atoms with Gasteiger partial charge >= 0.3 is 0 Å². The van der Waals surface area contributed by atoms with Crippen LogP contribution in [0.25, 0.3) is 0 Å². The maximum Gasteiger partial charge on any atom is 0.155 e. The molecule has 19 heavy (non-hydrogen) atoms. The van der Waals surface area contributed by atoms with E-state index in [1.54, 1.807) is 7.11 Å². The molecule has 0 unspecified atom stereocenters. The van der Waals surface area contributed by atoms with Crippen LogP contribution in [0.3, 0.4) is 0 Å². The second-order valence-electron chi connectivity index (χ2n) is 5.36. The normalized spacial score (nSPS) is 16.1. The number of benzene rings is 1. The lowest BCUT2D eigenvalue weighted by molar-refractivity contribution is -0.122. The zero-order valence-corrected chi connectivity index (χ0v) is 11.9. The summed E-state index contributed by atoms with van der Waals surface area (Å²) < 4.78 is 5.14. The molecule has 104 valence electrons. The molecule has 0 saturated heterocycles. The Hall–Kier alpha value is -1.51. The van der Waals surface area contributed by atoms with Crippen molar-refractivity contribution >= 4 is 11.5 Å². The van der Waals surface area contributed by atoms with Gasteiger partial charge in [-0.05, 0) is 37.1 Å².